The van der Waals surface area contributed by atoms with Gasteiger partial charge in [0.1, 0.15) is 0 Å². The number of nitrogens with zero attached hydrogens (tertiary/aromatic N) is 1. The van der Waals surface area contributed by atoms with E-state index in [1.165, 1.54) is 4.31 Å². The molecule has 0 bridgehead atoms. The fraction of sp³-hybridized carbons (Fsp3) is 0.455. The first-order valence-corrected chi connectivity index (χ1v) is 7.63. The molecule has 0 aromatic heterocycles. The van der Waals surface area contributed by atoms with Crippen LogP contribution >= 0.6 is 15.9 Å². The molecule has 4 nitrogen and oxygen atoms in total. The van der Waals surface area contributed by atoms with Crippen molar-refractivity contribution >= 4 is 26.0 Å². The lowest BCUT2D eigenvalue weighted by Gasteiger charge is -2.20. The third-order valence-electron chi connectivity index (χ3n) is 2.37. The molecule has 0 heterocycles. The Bertz CT molecular complexity index is 462. The van der Waals surface area contributed by atoms with E-state index >= 15 is 0 Å². The zero-order chi connectivity index (χ0) is 12.9. The molecule has 0 saturated heterocycles. The Morgan fingerprint density at radius 2 is 2.00 bits per heavy atom. The molecule has 0 radical (unpaired) electrons. The molecule has 6 heteroatoms. The second kappa shape index (κ2) is 6.49. The summed E-state index contributed by atoms with van der Waals surface area (Å²) in [5, 5.41) is 8.77. The maximum Gasteiger partial charge on any atom is 0.244 e. The van der Waals surface area contributed by atoms with Crippen molar-refractivity contribution in [3.8, 4) is 0 Å². The summed E-state index contributed by atoms with van der Waals surface area (Å²) in [6.45, 7) is 2.49. The van der Waals surface area contributed by atoms with Crippen LogP contribution in [0.1, 0.15) is 13.3 Å². The van der Waals surface area contributed by atoms with Crippen LogP contribution in [-0.4, -0.2) is 37.5 Å². The Kier molecular flexibility index (Phi) is 5.58. The molecule has 0 amide bonds. The van der Waals surface area contributed by atoms with E-state index in [9.17, 15) is 8.42 Å². The molecule has 17 heavy (non-hydrogen) atoms. The Balaban J connectivity index is 3.05. The Morgan fingerprint density at radius 1 is 1.35 bits per heavy atom. The van der Waals surface area contributed by atoms with Crippen LogP contribution in [0, 0.1) is 0 Å². The van der Waals surface area contributed by atoms with Crippen molar-refractivity contribution in [1.29, 1.82) is 0 Å². The molecule has 0 saturated carbocycles. The van der Waals surface area contributed by atoms with E-state index in [0.717, 1.165) is 0 Å². The zero-order valence-corrected chi connectivity index (χ0v) is 12.0. The van der Waals surface area contributed by atoms with E-state index in [4.69, 9.17) is 5.11 Å². The minimum absolute atomic E-state index is 0.0119. The summed E-state index contributed by atoms with van der Waals surface area (Å²) in [6.07, 6.45) is 0.442. The maximum atomic E-state index is 12.3. The maximum absolute atomic E-state index is 12.3. The second-order valence-corrected chi connectivity index (χ2v) is 6.26. The van der Waals surface area contributed by atoms with Crippen LogP contribution in [0.15, 0.2) is 33.6 Å². The molecule has 1 aromatic rings. The normalized spacial score (nSPS) is 12.0. The monoisotopic (exact) mass is 321 g/mol. The third kappa shape index (κ3) is 3.51. The van der Waals surface area contributed by atoms with Crippen molar-refractivity contribution in [1.82, 2.24) is 4.31 Å². The average Bonchev–Trinajstić information content (AvgIpc) is 2.30. The number of benzene rings is 1. The number of aliphatic hydroxyl groups excluding tert-OH is 1. The van der Waals surface area contributed by atoms with Crippen LogP contribution in [0.5, 0.6) is 0 Å². The lowest BCUT2D eigenvalue weighted by Crippen LogP contribution is -2.32. The van der Waals surface area contributed by atoms with Crippen molar-refractivity contribution in [2.45, 2.75) is 18.2 Å². The van der Waals surface area contributed by atoms with Crippen LogP contribution in [0.2, 0.25) is 0 Å². The van der Waals surface area contributed by atoms with Gasteiger partial charge in [-0.1, -0.05) is 19.1 Å². The van der Waals surface area contributed by atoms with Gasteiger partial charge in [0.2, 0.25) is 10.0 Å². The van der Waals surface area contributed by atoms with Crippen LogP contribution in [-0.2, 0) is 10.0 Å². The molecular weight excluding hydrogens is 306 g/mol. The first-order valence-electron chi connectivity index (χ1n) is 5.39. The lowest BCUT2D eigenvalue weighted by molar-refractivity contribution is 0.271. The van der Waals surface area contributed by atoms with Gasteiger partial charge in [-0.25, -0.2) is 8.42 Å². The highest BCUT2D eigenvalue weighted by Crippen LogP contribution is 2.24. The summed E-state index contributed by atoms with van der Waals surface area (Å²) in [6, 6.07) is 6.73. The highest BCUT2D eigenvalue weighted by Gasteiger charge is 2.24. The quantitative estimate of drug-likeness (QED) is 0.869. The van der Waals surface area contributed by atoms with Gasteiger partial charge in [0.15, 0.2) is 0 Å². The number of rotatable bonds is 6. The van der Waals surface area contributed by atoms with Crippen molar-refractivity contribution < 1.29 is 13.5 Å². The second-order valence-electron chi connectivity index (χ2n) is 3.50. The van der Waals surface area contributed by atoms with Gasteiger partial charge in [-0.05, 0) is 34.5 Å². The Labute approximate surface area is 110 Å². The van der Waals surface area contributed by atoms with E-state index in [2.05, 4.69) is 15.9 Å². The first kappa shape index (κ1) is 14.6. The van der Waals surface area contributed by atoms with Gasteiger partial charge < -0.3 is 5.11 Å². The third-order valence-corrected chi connectivity index (χ3v) is 5.36. The minimum atomic E-state index is -3.48. The SMILES string of the molecule is CCN(CCCO)S(=O)(=O)c1ccccc1Br. The molecule has 0 aliphatic rings. The van der Waals surface area contributed by atoms with Crippen molar-refractivity contribution in [3.05, 3.63) is 28.7 Å². The summed E-state index contributed by atoms with van der Waals surface area (Å²) in [5.41, 5.74) is 0. The molecule has 0 atom stereocenters. The highest BCUT2D eigenvalue weighted by molar-refractivity contribution is 9.10. The van der Waals surface area contributed by atoms with Crippen LogP contribution in [0.3, 0.4) is 0 Å². The first-order chi connectivity index (χ1) is 8.04. The molecule has 1 rings (SSSR count). The summed E-state index contributed by atoms with van der Waals surface area (Å²) >= 11 is 3.24. The predicted molar refractivity (Wildman–Crippen MR) is 70.3 cm³/mol. The van der Waals surface area contributed by atoms with Gasteiger partial charge >= 0.3 is 0 Å². The molecule has 1 aromatic carbocycles. The molecule has 0 fully saturated rings. The van der Waals surface area contributed by atoms with E-state index in [0.29, 0.717) is 24.0 Å². The Morgan fingerprint density at radius 3 is 2.53 bits per heavy atom. The van der Waals surface area contributed by atoms with Gasteiger partial charge in [0.25, 0.3) is 0 Å². The summed E-state index contributed by atoms with van der Waals surface area (Å²) in [5.74, 6) is 0. The standard InChI is InChI=1S/C11H16BrNO3S/c1-2-13(8-5-9-14)17(15,16)11-7-4-3-6-10(11)12/h3-4,6-7,14H,2,5,8-9H2,1H3. The molecule has 96 valence electrons. The van der Waals surface area contributed by atoms with Crippen molar-refractivity contribution in [2.24, 2.45) is 0 Å². The molecule has 0 unspecified atom stereocenters. The number of sulfonamides is 1. The number of hydrogen-bond acceptors (Lipinski definition) is 3. The minimum Gasteiger partial charge on any atom is -0.396 e. The van der Waals surface area contributed by atoms with Gasteiger partial charge in [0.05, 0.1) is 4.90 Å². The van der Waals surface area contributed by atoms with Gasteiger partial charge in [-0.3, -0.25) is 0 Å². The topological polar surface area (TPSA) is 57.6 Å². The zero-order valence-electron chi connectivity index (χ0n) is 9.63. The Hall–Kier alpha value is -0.430. The summed E-state index contributed by atoms with van der Waals surface area (Å²) in [7, 11) is -3.48. The van der Waals surface area contributed by atoms with Gasteiger partial charge in [0, 0.05) is 24.2 Å². The molecular formula is C11H16BrNO3S. The average molecular weight is 322 g/mol. The predicted octanol–water partition coefficient (Wildman–Crippen LogP) is 1.84. The summed E-state index contributed by atoms with van der Waals surface area (Å²) < 4.78 is 26.5. The molecule has 0 aliphatic heterocycles. The number of halogens is 1. The van der Waals surface area contributed by atoms with E-state index < -0.39 is 10.0 Å². The van der Waals surface area contributed by atoms with E-state index in [1.807, 2.05) is 0 Å². The lowest BCUT2D eigenvalue weighted by atomic mass is 10.4. The fourth-order valence-electron chi connectivity index (χ4n) is 1.49. The van der Waals surface area contributed by atoms with Crippen molar-refractivity contribution in [2.75, 3.05) is 19.7 Å². The molecule has 0 aliphatic carbocycles. The largest absolute Gasteiger partial charge is 0.396 e. The summed E-state index contributed by atoms with van der Waals surface area (Å²) in [4.78, 5) is 0.264. The van der Waals surface area contributed by atoms with Crippen molar-refractivity contribution in [3.63, 3.8) is 0 Å². The van der Waals surface area contributed by atoms with E-state index in [-0.39, 0.29) is 11.5 Å². The molecule has 0 spiro atoms. The van der Waals surface area contributed by atoms with Crippen LogP contribution in [0.25, 0.3) is 0 Å². The van der Waals surface area contributed by atoms with Gasteiger partial charge in [-0.15, -0.1) is 0 Å². The number of hydrogen-bond donors (Lipinski definition) is 1. The van der Waals surface area contributed by atoms with Gasteiger partial charge in [-0.2, -0.15) is 4.31 Å². The van der Waals surface area contributed by atoms with Crippen LogP contribution in [0.4, 0.5) is 0 Å². The van der Waals surface area contributed by atoms with Crippen LogP contribution < -0.4 is 0 Å². The smallest absolute Gasteiger partial charge is 0.244 e. The molecule has 1 N–H and O–H groups in total. The number of aliphatic hydroxyl groups is 1. The fourth-order valence-corrected chi connectivity index (χ4v) is 3.94. The highest BCUT2D eigenvalue weighted by atomic mass is 79.9. The van der Waals surface area contributed by atoms with E-state index in [1.54, 1.807) is 31.2 Å².